The van der Waals surface area contributed by atoms with Crippen LogP contribution in [-0.2, 0) is 4.79 Å². The molecule has 288 valence electrons. The van der Waals surface area contributed by atoms with Gasteiger partial charge in [0.15, 0.2) is 0 Å². The van der Waals surface area contributed by atoms with Crippen LogP contribution in [0.4, 0.5) is 0 Å². The summed E-state index contributed by atoms with van der Waals surface area (Å²) in [5.41, 5.74) is 0. The molecule has 1 amide bonds. The van der Waals surface area contributed by atoms with Gasteiger partial charge in [0, 0.05) is 0 Å². The summed E-state index contributed by atoms with van der Waals surface area (Å²) >= 11 is 0. The summed E-state index contributed by atoms with van der Waals surface area (Å²) in [6.45, 7) is 4.22. The summed E-state index contributed by atoms with van der Waals surface area (Å²) in [5.74, 6) is -0.468. The van der Waals surface area contributed by atoms with Crippen LogP contribution in [0.2, 0.25) is 0 Å². The van der Waals surface area contributed by atoms with Gasteiger partial charge in [-0.1, -0.05) is 232 Å². The lowest BCUT2D eigenvalue weighted by molar-refractivity contribution is -0.131. The molecule has 0 heterocycles. The third-order valence-electron chi connectivity index (χ3n) is 10.5. The van der Waals surface area contributed by atoms with Crippen LogP contribution in [0.15, 0.2) is 0 Å². The molecule has 0 aliphatic carbocycles. The van der Waals surface area contributed by atoms with Gasteiger partial charge in [0.2, 0.25) is 5.91 Å². The number of nitrogens with one attached hydrogen (secondary N) is 1. The maximum absolute atomic E-state index is 12.4. The summed E-state index contributed by atoms with van der Waals surface area (Å²) < 4.78 is 0. The predicted molar refractivity (Wildman–Crippen MR) is 209 cm³/mol. The van der Waals surface area contributed by atoms with Crippen molar-refractivity contribution in [3.63, 3.8) is 0 Å². The van der Waals surface area contributed by atoms with Crippen LogP contribution in [0.1, 0.15) is 245 Å². The van der Waals surface area contributed by atoms with Crippen molar-refractivity contribution in [3.8, 4) is 0 Å². The SMILES string of the molecule is CCCCCCCCCCCCCCCCCCCCCCCCCCCC(O)C(=O)NC(CO)C(O)CCCCCCCCCCC. The van der Waals surface area contributed by atoms with Crippen molar-refractivity contribution < 1.29 is 20.1 Å². The minimum atomic E-state index is -1.07. The van der Waals surface area contributed by atoms with E-state index in [4.69, 9.17) is 0 Å². The van der Waals surface area contributed by atoms with Gasteiger partial charge in [-0.05, 0) is 12.8 Å². The number of rotatable bonds is 40. The molecule has 0 aromatic rings. The Labute approximate surface area is 300 Å². The van der Waals surface area contributed by atoms with E-state index in [1.807, 2.05) is 0 Å². The molecular formula is C43H87NO4. The highest BCUT2D eigenvalue weighted by atomic mass is 16.3. The Morgan fingerprint density at radius 3 is 0.938 bits per heavy atom. The van der Waals surface area contributed by atoms with E-state index in [0.717, 1.165) is 32.1 Å². The first-order valence-corrected chi connectivity index (χ1v) is 21.8. The Kier molecular flexibility index (Phi) is 38.6. The minimum absolute atomic E-state index is 0.309. The number of amides is 1. The number of carbonyl (C=O) groups excluding carboxylic acids is 1. The standard InChI is InChI=1S/C43H87NO4/c1-3-5-7-9-11-13-14-15-16-17-18-19-20-21-22-23-24-25-26-27-28-30-32-34-36-38-42(47)43(48)44-40(39-45)41(46)37-35-33-31-29-12-10-8-6-4-2/h40-42,45-47H,3-39H2,1-2H3,(H,44,48). The average Bonchev–Trinajstić information content (AvgIpc) is 3.09. The fourth-order valence-electron chi connectivity index (χ4n) is 7.02. The van der Waals surface area contributed by atoms with Gasteiger partial charge in [-0.15, -0.1) is 0 Å². The largest absolute Gasteiger partial charge is 0.394 e. The van der Waals surface area contributed by atoms with E-state index in [2.05, 4.69) is 19.2 Å². The number of aliphatic hydroxyl groups excluding tert-OH is 3. The van der Waals surface area contributed by atoms with Gasteiger partial charge in [0.1, 0.15) is 6.10 Å². The molecule has 4 N–H and O–H groups in total. The number of aliphatic hydroxyl groups is 3. The highest BCUT2D eigenvalue weighted by Crippen LogP contribution is 2.17. The van der Waals surface area contributed by atoms with Gasteiger partial charge in [-0.2, -0.15) is 0 Å². The summed E-state index contributed by atoms with van der Waals surface area (Å²) in [5, 5.41) is 33.1. The van der Waals surface area contributed by atoms with Crippen molar-refractivity contribution in [2.75, 3.05) is 6.61 Å². The van der Waals surface area contributed by atoms with E-state index >= 15 is 0 Å². The van der Waals surface area contributed by atoms with Crippen LogP contribution in [0.25, 0.3) is 0 Å². The van der Waals surface area contributed by atoms with Gasteiger partial charge in [-0.25, -0.2) is 0 Å². The van der Waals surface area contributed by atoms with Crippen molar-refractivity contribution in [2.45, 2.75) is 263 Å². The molecule has 0 aliphatic heterocycles. The van der Waals surface area contributed by atoms with Crippen LogP contribution < -0.4 is 5.32 Å². The molecule has 0 fully saturated rings. The van der Waals surface area contributed by atoms with Crippen LogP contribution in [0, 0.1) is 0 Å². The van der Waals surface area contributed by atoms with Gasteiger partial charge >= 0.3 is 0 Å². The molecule has 0 aromatic carbocycles. The topological polar surface area (TPSA) is 89.8 Å². The first-order chi connectivity index (χ1) is 23.6. The molecule has 0 saturated heterocycles. The highest BCUT2D eigenvalue weighted by Gasteiger charge is 2.23. The molecular weight excluding hydrogens is 594 g/mol. The lowest BCUT2D eigenvalue weighted by Gasteiger charge is -2.23. The quantitative estimate of drug-likeness (QED) is 0.0485. The molecule has 0 aromatic heterocycles. The smallest absolute Gasteiger partial charge is 0.249 e. The second kappa shape index (κ2) is 39.1. The maximum Gasteiger partial charge on any atom is 0.249 e. The zero-order valence-corrected chi connectivity index (χ0v) is 32.6. The van der Waals surface area contributed by atoms with E-state index in [9.17, 15) is 20.1 Å². The number of carbonyl (C=O) groups is 1. The molecule has 5 nitrogen and oxygen atoms in total. The third-order valence-corrected chi connectivity index (χ3v) is 10.5. The average molecular weight is 682 g/mol. The molecule has 3 atom stereocenters. The zero-order chi connectivity index (χ0) is 35.2. The van der Waals surface area contributed by atoms with Crippen LogP contribution in [0.5, 0.6) is 0 Å². The van der Waals surface area contributed by atoms with Crippen molar-refractivity contribution in [1.29, 1.82) is 0 Å². The normalized spacial score (nSPS) is 13.5. The first-order valence-electron chi connectivity index (χ1n) is 21.8. The molecule has 5 heteroatoms. The number of hydrogen-bond donors (Lipinski definition) is 4. The molecule has 0 bridgehead atoms. The molecule has 0 rings (SSSR count). The summed E-state index contributed by atoms with van der Waals surface area (Å²) in [6, 6.07) is -0.703. The highest BCUT2D eigenvalue weighted by molar-refractivity contribution is 5.80. The minimum Gasteiger partial charge on any atom is -0.394 e. The Morgan fingerprint density at radius 1 is 0.417 bits per heavy atom. The van der Waals surface area contributed by atoms with Gasteiger partial charge in [0.05, 0.1) is 18.8 Å². The monoisotopic (exact) mass is 682 g/mol. The van der Waals surface area contributed by atoms with Gasteiger partial charge in [-0.3, -0.25) is 4.79 Å². The van der Waals surface area contributed by atoms with Crippen molar-refractivity contribution in [3.05, 3.63) is 0 Å². The van der Waals surface area contributed by atoms with E-state index in [0.29, 0.717) is 12.8 Å². The molecule has 0 aliphatic rings. The predicted octanol–water partition coefficient (Wildman–Crippen LogP) is 12.3. The summed E-state index contributed by atoms with van der Waals surface area (Å²) in [4.78, 5) is 12.4. The Balaban J connectivity index is 3.48. The van der Waals surface area contributed by atoms with E-state index in [1.165, 1.54) is 186 Å². The number of hydrogen-bond acceptors (Lipinski definition) is 4. The molecule has 0 spiro atoms. The summed E-state index contributed by atoms with van der Waals surface area (Å²) in [7, 11) is 0. The van der Waals surface area contributed by atoms with Crippen LogP contribution in [-0.4, -0.2) is 46.1 Å². The van der Waals surface area contributed by atoms with Gasteiger partial charge in [0.25, 0.3) is 0 Å². The fraction of sp³-hybridized carbons (Fsp3) is 0.977. The number of unbranched alkanes of at least 4 members (excludes halogenated alkanes) is 32. The molecule has 0 saturated carbocycles. The molecule has 48 heavy (non-hydrogen) atoms. The Morgan fingerprint density at radius 2 is 0.667 bits per heavy atom. The van der Waals surface area contributed by atoms with E-state index in [1.54, 1.807) is 0 Å². The van der Waals surface area contributed by atoms with E-state index in [-0.39, 0.29) is 6.61 Å². The maximum atomic E-state index is 12.4. The first kappa shape index (κ1) is 47.4. The van der Waals surface area contributed by atoms with Crippen LogP contribution in [0.3, 0.4) is 0 Å². The molecule has 3 unspecified atom stereocenters. The van der Waals surface area contributed by atoms with E-state index < -0.39 is 24.2 Å². The van der Waals surface area contributed by atoms with Gasteiger partial charge < -0.3 is 20.6 Å². The lowest BCUT2D eigenvalue weighted by Crippen LogP contribution is -2.49. The van der Waals surface area contributed by atoms with Crippen molar-refractivity contribution in [1.82, 2.24) is 5.32 Å². The van der Waals surface area contributed by atoms with Crippen molar-refractivity contribution in [2.24, 2.45) is 0 Å². The summed E-state index contributed by atoms with van der Waals surface area (Å²) in [6.07, 6.45) is 44.1. The van der Waals surface area contributed by atoms with Crippen molar-refractivity contribution >= 4 is 5.91 Å². The fourth-order valence-corrected chi connectivity index (χ4v) is 7.02. The second-order valence-electron chi connectivity index (χ2n) is 15.3. The third kappa shape index (κ3) is 33.8. The Hall–Kier alpha value is -0.650. The Bertz CT molecular complexity index is 630. The second-order valence-corrected chi connectivity index (χ2v) is 15.3. The zero-order valence-electron chi connectivity index (χ0n) is 32.6. The lowest BCUT2D eigenvalue weighted by atomic mass is 10.0. The molecule has 0 radical (unpaired) electrons. The van der Waals surface area contributed by atoms with Crippen LogP contribution >= 0.6 is 0 Å².